The molecule has 0 spiro atoms. The molecular formula is C25H33N3O3. The summed E-state index contributed by atoms with van der Waals surface area (Å²) in [7, 11) is 0. The molecule has 3 aliphatic rings. The zero-order valence-corrected chi connectivity index (χ0v) is 18.6. The highest BCUT2D eigenvalue weighted by Crippen LogP contribution is 2.31. The van der Waals surface area contributed by atoms with Crippen molar-refractivity contribution in [3.8, 4) is 5.75 Å². The van der Waals surface area contributed by atoms with Crippen LogP contribution in [0.5, 0.6) is 5.75 Å². The standard InChI is InChI=1S/C25H33N3O3/c1-19(2)26-15-17-27(18-16-26)25(30)20-6-10-22(11-7-20)31-23-12-8-21(9-13-23)28-14-4-3-5-24(28)29/h8-9,12-13,15-20,22H,3-7,10-11,14H2,1-2H3/t20-,22-. The highest BCUT2D eigenvalue weighted by Gasteiger charge is 2.30. The molecule has 6 heteroatoms. The van der Waals surface area contributed by atoms with Crippen LogP contribution in [0.25, 0.3) is 0 Å². The van der Waals surface area contributed by atoms with Crippen molar-refractivity contribution < 1.29 is 14.3 Å². The fourth-order valence-electron chi connectivity index (χ4n) is 4.50. The number of carbonyl (C=O) groups excluding carboxylic acids is 2. The van der Waals surface area contributed by atoms with E-state index >= 15 is 0 Å². The second kappa shape index (κ2) is 9.58. The van der Waals surface area contributed by atoms with Gasteiger partial charge in [0.25, 0.3) is 0 Å². The summed E-state index contributed by atoms with van der Waals surface area (Å²) >= 11 is 0. The minimum absolute atomic E-state index is 0.0484. The molecule has 1 saturated carbocycles. The van der Waals surface area contributed by atoms with Crippen LogP contribution in [-0.4, -0.2) is 40.3 Å². The number of nitrogens with zero attached hydrogens (tertiary/aromatic N) is 3. The van der Waals surface area contributed by atoms with Gasteiger partial charge in [-0.25, -0.2) is 0 Å². The lowest BCUT2D eigenvalue weighted by Crippen LogP contribution is -2.36. The van der Waals surface area contributed by atoms with Crippen molar-refractivity contribution >= 4 is 17.5 Å². The minimum atomic E-state index is 0.0484. The van der Waals surface area contributed by atoms with E-state index in [1.165, 1.54) is 0 Å². The maximum atomic E-state index is 12.8. The van der Waals surface area contributed by atoms with Crippen molar-refractivity contribution in [2.24, 2.45) is 5.92 Å². The number of amides is 2. The van der Waals surface area contributed by atoms with Crippen molar-refractivity contribution in [1.82, 2.24) is 9.80 Å². The first-order chi connectivity index (χ1) is 15.0. The van der Waals surface area contributed by atoms with Gasteiger partial charge in [-0.3, -0.25) is 14.5 Å². The molecule has 2 amide bonds. The van der Waals surface area contributed by atoms with Crippen LogP contribution in [0.2, 0.25) is 0 Å². The predicted molar refractivity (Wildman–Crippen MR) is 121 cm³/mol. The largest absolute Gasteiger partial charge is 0.490 e. The molecule has 166 valence electrons. The molecule has 1 saturated heterocycles. The normalized spacial score (nSPS) is 24.1. The average molecular weight is 424 g/mol. The molecule has 0 unspecified atom stereocenters. The fraction of sp³-hybridized carbons (Fsp3) is 0.520. The Hall–Kier alpha value is -2.76. The van der Waals surface area contributed by atoms with Gasteiger partial charge in [0, 0.05) is 55.4 Å². The Morgan fingerprint density at radius 1 is 0.968 bits per heavy atom. The third kappa shape index (κ3) is 5.12. The Kier molecular flexibility index (Phi) is 6.64. The molecule has 1 aliphatic carbocycles. The highest BCUT2D eigenvalue weighted by molar-refractivity contribution is 5.94. The Morgan fingerprint density at radius 2 is 1.65 bits per heavy atom. The van der Waals surface area contributed by atoms with Gasteiger partial charge in [-0.15, -0.1) is 0 Å². The summed E-state index contributed by atoms with van der Waals surface area (Å²) in [6.07, 6.45) is 13.9. The number of hydrogen-bond donors (Lipinski definition) is 0. The molecular weight excluding hydrogens is 390 g/mol. The van der Waals surface area contributed by atoms with Gasteiger partial charge in [-0.1, -0.05) is 0 Å². The Bertz CT molecular complexity index is 824. The van der Waals surface area contributed by atoms with Crippen molar-refractivity contribution in [3.63, 3.8) is 0 Å². The molecule has 0 atom stereocenters. The van der Waals surface area contributed by atoms with Gasteiger partial charge >= 0.3 is 0 Å². The average Bonchev–Trinajstić information content (AvgIpc) is 2.80. The molecule has 0 N–H and O–H groups in total. The number of piperidine rings is 1. The Labute approximate surface area is 185 Å². The molecule has 2 aliphatic heterocycles. The van der Waals surface area contributed by atoms with Crippen LogP contribution in [0.15, 0.2) is 49.1 Å². The number of hydrogen-bond acceptors (Lipinski definition) is 4. The number of anilines is 1. The fourth-order valence-corrected chi connectivity index (χ4v) is 4.50. The lowest BCUT2D eigenvalue weighted by Gasteiger charge is -2.32. The minimum Gasteiger partial charge on any atom is -0.490 e. The van der Waals surface area contributed by atoms with Gasteiger partial charge < -0.3 is 14.5 Å². The summed E-state index contributed by atoms with van der Waals surface area (Å²) in [5.41, 5.74) is 0.949. The maximum Gasteiger partial charge on any atom is 0.233 e. The quantitative estimate of drug-likeness (QED) is 0.693. The van der Waals surface area contributed by atoms with Gasteiger partial charge in [-0.2, -0.15) is 0 Å². The third-order valence-corrected chi connectivity index (χ3v) is 6.45. The van der Waals surface area contributed by atoms with Crippen LogP contribution in [0.1, 0.15) is 58.8 Å². The molecule has 2 heterocycles. The molecule has 2 fully saturated rings. The number of ether oxygens (including phenoxy) is 1. The first kappa shape index (κ1) is 21.5. The number of carbonyl (C=O) groups is 2. The molecule has 31 heavy (non-hydrogen) atoms. The first-order valence-electron chi connectivity index (χ1n) is 11.5. The van der Waals surface area contributed by atoms with Gasteiger partial charge in [0.2, 0.25) is 11.8 Å². The zero-order chi connectivity index (χ0) is 21.8. The second-order valence-electron chi connectivity index (χ2n) is 8.97. The van der Waals surface area contributed by atoms with E-state index in [9.17, 15) is 9.59 Å². The van der Waals surface area contributed by atoms with E-state index in [0.29, 0.717) is 12.5 Å². The predicted octanol–water partition coefficient (Wildman–Crippen LogP) is 4.64. The Balaban J connectivity index is 1.26. The van der Waals surface area contributed by atoms with E-state index in [1.54, 1.807) is 4.90 Å². The summed E-state index contributed by atoms with van der Waals surface area (Å²) in [5, 5.41) is 0. The molecule has 6 nitrogen and oxygen atoms in total. The zero-order valence-electron chi connectivity index (χ0n) is 18.6. The van der Waals surface area contributed by atoms with Crippen LogP contribution in [0.3, 0.4) is 0 Å². The Morgan fingerprint density at radius 3 is 2.26 bits per heavy atom. The summed E-state index contributed by atoms with van der Waals surface area (Å²) in [6, 6.07) is 8.25. The van der Waals surface area contributed by atoms with Crippen LogP contribution >= 0.6 is 0 Å². The van der Waals surface area contributed by atoms with E-state index in [1.807, 2.05) is 54.0 Å². The monoisotopic (exact) mass is 423 g/mol. The van der Waals surface area contributed by atoms with Crippen LogP contribution in [0.4, 0.5) is 5.69 Å². The second-order valence-corrected chi connectivity index (χ2v) is 8.97. The molecule has 0 bridgehead atoms. The van der Waals surface area contributed by atoms with Crippen molar-refractivity contribution in [3.05, 3.63) is 49.1 Å². The maximum absolute atomic E-state index is 12.8. The van der Waals surface area contributed by atoms with Crippen LogP contribution in [-0.2, 0) is 9.59 Å². The molecule has 0 aromatic heterocycles. The number of rotatable bonds is 5. The number of benzene rings is 1. The van der Waals surface area contributed by atoms with Crippen molar-refractivity contribution in [1.29, 1.82) is 0 Å². The van der Waals surface area contributed by atoms with Gasteiger partial charge in [0.05, 0.1) is 6.10 Å². The summed E-state index contributed by atoms with van der Waals surface area (Å²) in [6.45, 7) is 5.04. The van der Waals surface area contributed by atoms with E-state index in [0.717, 1.165) is 56.5 Å². The third-order valence-electron chi connectivity index (χ3n) is 6.45. The van der Waals surface area contributed by atoms with E-state index in [2.05, 4.69) is 18.7 Å². The van der Waals surface area contributed by atoms with Crippen LogP contribution < -0.4 is 9.64 Å². The van der Waals surface area contributed by atoms with E-state index < -0.39 is 0 Å². The van der Waals surface area contributed by atoms with Crippen LogP contribution in [0, 0.1) is 5.92 Å². The first-order valence-corrected chi connectivity index (χ1v) is 11.5. The van der Waals surface area contributed by atoms with Crippen molar-refractivity contribution in [2.45, 2.75) is 70.9 Å². The SMILES string of the molecule is CC(C)N1C=CN(C(=O)[C@H]2CC[C@H](Oc3ccc(N4CCCCC4=O)cc3)CC2)C=C1. The summed E-state index contributed by atoms with van der Waals surface area (Å²) in [4.78, 5) is 30.6. The highest BCUT2D eigenvalue weighted by atomic mass is 16.5. The van der Waals surface area contributed by atoms with Gasteiger partial charge in [-0.05, 0) is 76.6 Å². The van der Waals surface area contributed by atoms with E-state index in [-0.39, 0.29) is 23.8 Å². The molecule has 0 radical (unpaired) electrons. The molecule has 4 rings (SSSR count). The topological polar surface area (TPSA) is 53.1 Å². The summed E-state index contributed by atoms with van der Waals surface area (Å²) < 4.78 is 6.18. The summed E-state index contributed by atoms with van der Waals surface area (Å²) in [5.74, 6) is 1.26. The lowest BCUT2D eigenvalue weighted by molar-refractivity contribution is -0.132. The van der Waals surface area contributed by atoms with Gasteiger partial charge in [0.15, 0.2) is 0 Å². The smallest absolute Gasteiger partial charge is 0.233 e. The molecule has 1 aromatic carbocycles. The molecule has 1 aromatic rings. The lowest BCUT2D eigenvalue weighted by atomic mass is 9.86. The van der Waals surface area contributed by atoms with Crippen molar-refractivity contribution in [2.75, 3.05) is 11.4 Å². The van der Waals surface area contributed by atoms with Gasteiger partial charge in [0.1, 0.15) is 5.75 Å². The van der Waals surface area contributed by atoms with E-state index in [4.69, 9.17) is 4.74 Å².